The maximum atomic E-state index is 12.9. The van der Waals surface area contributed by atoms with Crippen LogP contribution in [0, 0.1) is 12.8 Å². The van der Waals surface area contributed by atoms with Crippen LogP contribution >= 0.6 is 23.2 Å². The van der Waals surface area contributed by atoms with Gasteiger partial charge in [-0.05, 0) is 49.4 Å². The molecule has 0 radical (unpaired) electrons. The van der Waals surface area contributed by atoms with Crippen LogP contribution < -0.4 is 0 Å². The molecule has 4 heteroatoms. The number of nitrogens with zero attached hydrogens (tertiary/aromatic N) is 1. The summed E-state index contributed by atoms with van der Waals surface area (Å²) in [6.45, 7) is 3.57. The van der Waals surface area contributed by atoms with E-state index >= 15 is 0 Å². The van der Waals surface area contributed by atoms with Crippen LogP contribution in [0.2, 0.25) is 10.0 Å². The van der Waals surface area contributed by atoms with Gasteiger partial charge in [0.1, 0.15) is 0 Å². The van der Waals surface area contributed by atoms with Gasteiger partial charge in [0.15, 0.2) is 0 Å². The van der Waals surface area contributed by atoms with E-state index in [1.165, 1.54) is 11.1 Å². The highest BCUT2D eigenvalue weighted by molar-refractivity contribution is 6.36. The molecule has 126 valence electrons. The highest BCUT2D eigenvalue weighted by Gasteiger charge is 2.29. The first-order valence-electron chi connectivity index (χ1n) is 8.32. The number of piperidine rings is 1. The summed E-state index contributed by atoms with van der Waals surface area (Å²) >= 11 is 12.5. The molecule has 0 saturated carbocycles. The monoisotopic (exact) mass is 361 g/mol. The summed E-state index contributed by atoms with van der Waals surface area (Å²) in [6, 6.07) is 13.8. The Hall–Kier alpha value is -1.51. The lowest BCUT2D eigenvalue weighted by Gasteiger charge is -2.33. The van der Waals surface area contributed by atoms with Crippen molar-refractivity contribution in [1.29, 1.82) is 0 Å². The molecular weight excluding hydrogens is 341 g/mol. The quantitative estimate of drug-likeness (QED) is 0.724. The zero-order valence-electron chi connectivity index (χ0n) is 13.8. The smallest absolute Gasteiger partial charge is 0.226 e. The molecule has 2 aromatic carbocycles. The maximum Gasteiger partial charge on any atom is 0.226 e. The molecule has 24 heavy (non-hydrogen) atoms. The molecule has 1 unspecified atom stereocenters. The number of carbonyl (C=O) groups is 1. The Bertz CT molecular complexity index is 724. The Morgan fingerprint density at radius 1 is 1.12 bits per heavy atom. The summed E-state index contributed by atoms with van der Waals surface area (Å²) in [7, 11) is 0. The highest BCUT2D eigenvalue weighted by Crippen LogP contribution is 2.31. The summed E-state index contributed by atoms with van der Waals surface area (Å²) in [6.07, 6.45) is 2.52. The van der Waals surface area contributed by atoms with Gasteiger partial charge in [0.05, 0.1) is 0 Å². The summed E-state index contributed by atoms with van der Waals surface area (Å²) < 4.78 is 0. The van der Waals surface area contributed by atoms with Crippen molar-refractivity contribution in [1.82, 2.24) is 4.90 Å². The standard InChI is InChI=1S/C20H21Cl2NO/c1-14-5-2-6-15(11-14)13-23-10-4-7-16(20(23)24)12-17-18(21)8-3-9-19(17)22/h2-3,5-6,8-9,11,16H,4,7,10,12-13H2,1H3. The number of halogens is 2. The van der Waals surface area contributed by atoms with Crippen molar-refractivity contribution in [2.45, 2.75) is 32.7 Å². The molecule has 3 rings (SSSR count). The van der Waals surface area contributed by atoms with Gasteiger partial charge >= 0.3 is 0 Å². The molecule has 0 N–H and O–H groups in total. The van der Waals surface area contributed by atoms with Crippen LogP contribution in [0.3, 0.4) is 0 Å². The van der Waals surface area contributed by atoms with Crippen molar-refractivity contribution in [2.75, 3.05) is 6.54 Å². The second-order valence-electron chi connectivity index (χ2n) is 6.49. The minimum atomic E-state index is -0.0408. The van der Waals surface area contributed by atoms with E-state index in [1.807, 2.05) is 29.2 Å². The SMILES string of the molecule is Cc1cccc(CN2CCCC(Cc3c(Cl)cccc3Cl)C2=O)c1. The number of aryl methyl sites for hydroxylation is 1. The van der Waals surface area contributed by atoms with Crippen molar-refractivity contribution >= 4 is 29.1 Å². The molecule has 1 aliphatic rings. The second-order valence-corrected chi connectivity index (χ2v) is 7.31. The number of hydrogen-bond donors (Lipinski definition) is 0. The minimum absolute atomic E-state index is 0.0408. The number of carbonyl (C=O) groups excluding carboxylic acids is 1. The predicted octanol–water partition coefficient (Wildman–Crippen LogP) is 5.28. The lowest BCUT2D eigenvalue weighted by atomic mass is 9.90. The van der Waals surface area contributed by atoms with Gasteiger partial charge in [-0.3, -0.25) is 4.79 Å². The van der Waals surface area contributed by atoms with Gasteiger partial charge in [0, 0.05) is 29.1 Å². The molecule has 1 aliphatic heterocycles. The van der Waals surface area contributed by atoms with Crippen LogP contribution in [0.1, 0.15) is 29.5 Å². The summed E-state index contributed by atoms with van der Waals surface area (Å²) in [5.74, 6) is 0.166. The van der Waals surface area contributed by atoms with E-state index in [2.05, 4.69) is 25.1 Å². The number of likely N-dealkylation sites (tertiary alicyclic amines) is 1. The molecule has 0 aromatic heterocycles. The van der Waals surface area contributed by atoms with Gasteiger partial charge in [0.25, 0.3) is 0 Å². The summed E-state index contributed by atoms with van der Waals surface area (Å²) in [5.41, 5.74) is 3.28. The van der Waals surface area contributed by atoms with E-state index in [0.717, 1.165) is 24.9 Å². The second kappa shape index (κ2) is 7.58. The number of benzene rings is 2. The zero-order chi connectivity index (χ0) is 17.1. The molecule has 1 amide bonds. The predicted molar refractivity (Wildman–Crippen MR) is 99.5 cm³/mol. The molecule has 2 aromatic rings. The lowest BCUT2D eigenvalue weighted by molar-refractivity contribution is -0.139. The topological polar surface area (TPSA) is 20.3 Å². The van der Waals surface area contributed by atoms with Gasteiger partial charge in [0.2, 0.25) is 5.91 Å². The fraction of sp³-hybridized carbons (Fsp3) is 0.350. The Balaban J connectivity index is 1.73. The molecular formula is C20H21Cl2NO. The molecule has 0 aliphatic carbocycles. The summed E-state index contributed by atoms with van der Waals surface area (Å²) in [4.78, 5) is 14.8. The van der Waals surface area contributed by atoms with Gasteiger partial charge in [-0.15, -0.1) is 0 Å². The third-order valence-electron chi connectivity index (χ3n) is 4.61. The van der Waals surface area contributed by atoms with E-state index in [1.54, 1.807) is 0 Å². The molecule has 0 spiro atoms. The summed E-state index contributed by atoms with van der Waals surface area (Å²) in [5, 5.41) is 1.29. The Labute approximate surface area is 153 Å². The third-order valence-corrected chi connectivity index (χ3v) is 5.32. The van der Waals surface area contributed by atoms with Crippen molar-refractivity contribution in [2.24, 2.45) is 5.92 Å². The van der Waals surface area contributed by atoms with Crippen LogP contribution in [-0.2, 0) is 17.8 Å². The number of hydrogen-bond acceptors (Lipinski definition) is 1. The largest absolute Gasteiger partial charge is 0.338 e. The average Bonchev–Trinajstić information content (AvgIpc) is 2.54. The number of rotatable bonds is 4. The highest BCUT2D eigenvalue weighted by atomic mass is 35.5. The van der Waals surface area contributed by atoms with Crippen molar-refractivity contribution < 1.29 is 4.79 Å². The molecule has 0 bridgehead atoms. The molecule has 1 fully saturated rings. The van der Waals surface area contributed by atoms with E-state index in [9.17, 15) is 4.79 Å². The number of amides is 1. The van der Waals surface area contributed by atoms with E-state index in [0.29, 0.717) is 23.0 Å². The normalized spacial score (nSPS) is 18.0. The Morgan fingerprint density at radius 2 is 1.83 bits per heavy atom. The van der Waals surface area contributed by atoms with Crippen molar-refractivity contribution in [3.8, 4) is 0 Å². The fourth-order valence-corrected chi connectivity index (χ4v) is 3.92. The van der Waals surface area contributed by atoms with E-state index < -0.39 is 0 Å². The van der Waals surface area contributed by atoms with Crippen LogP contribution in [-0.4, -0.2) is 17.4 Å². The Kier molecular flexibility index (Phi) is 5.47. The lowest BCUT2D eigenvalue weighted by Crippen LogP contribution is -2.41. The van der Waals surface area contributed by atoms with Gasteiger partial charge in [-0.25, -0.2) is 0 Å². The fourth-order valence-electron chi connectivity index (χ4n) is 3.37. The molecule has 1 atom stereocenters. The minimum Gasteiger partial charge on any atom is -0.338 e. The van der Waals surface area contributed by atoms with Crippen LogP contribution in [0.5, 0.6) is 0 Å². The van der Waals surface area contributed by atoms with Crippen LogP contribution in [0.4, 0.5) is 0 Å². The van der Waals surface area contributed by atoms with Crippen LogP contribution in [0.25, 0.3) is 0 Å². The van der Waals surface area contributed by atoms with Crippen molar-refractivity contribution in [3.63, 3.8) is 0 Å². The van der Waals surface area contributed by atoms with E-state index in [-0.39, 0.29) is 11.8 Å². The van der Waals surface area contributed by atoms with Gasteiger partial charge in [-0.1, -0.05) is 59.1 Å². The van der Waals surface area contributed by atoms with Crippen molar-refractivity contribution in [3.05, 3.63) is 69.2 Å². The van der Waals surface area contributed by atoms with Gasteiger partial charge in [-0.2, -0.15) is 0 Å². The average molecular weight is 362 g/mol. The van der Waals surface area contributed by atoms with Gasteiger partial charge < -0.3 is 4.90 Å². The first kappa shape index (κ1) is 17.3. The first-order chi connectivity index (χ1) is 11.5. The first-order valence-corrected chi connectivity index (χ1v) is 9.07. The third kappa shape index (κ3) is 3.93. The van der Waals surface area contributed by atoms with E-state index in [4.69, 9.17) is 23.2 Å². The maximum absolute atomic E-state index is 12.9. The molecule has 2 nitrogen and oxygen atoms in total. The molecule has 1 saturated heterocycles. The Morgan fingerprint density at radius 3 is 2.54 bits per heavy atom. The van der Waals surface area contributed by atoms with Crippen LogP contribution in [0.15, 0.2) is 42.5 Å². The zero-order valence-corrected chi connectivity index (χ0v) is 15.3. The molecule has 1 heterocycles.